The predicted molar refractivity (Wildman–Crippen MR) is 91.4 cm³/mol. The van der Waals surface area contributed by atoms with Gasteiger partial charge >= 0.3 is 6.03 Å². The summed E-state index contributed by atoms with van der Waals surface area (Å²) in [4.78, 5) is 14.2. The lowest BCUT2D eigenvalue weighted by Gasteiger charge is -2.47. The molecule has 24 heavy (non-hydrogen) atoms. The van der Waals surface area contributed by atoms with Crippen LogP contribution in [0.2, 0.25) is 0 Å². The largest absolute Gasteiger partial charge is 0.389 e. The number of benzene rings is 1. The smallest absolute Gasteiger partial charge is 0.317 e. The molecule has 1 aliphatic heterocycles. The lowest BCUT2D eigenvalue weighted by molar-refractivity contribution is -0.0870. The third-order valence-corrected chi connectivity index (χ3v) is 5.46. The highest BCUT2D eigenvalue weighted by Crippen LogP contribution is 2.39. The number of amides is 2. The quantitative estimate of drug-likeness (QED) is 0.895. The molecule has 128 valence electrons. The number of nitrogens with one attached hydrogen (secondary N) is 1. The number of carbonyl (C=O) groups excluding carboxylic acids is 1. The van der Waals surface area contributed by atoms with Crippen LogP contribution in [0, 0.1) is 17.2 Å². The summed E-state index contributed by atoms with van der Waals surface area (Å²) < 4.78 is 0. The molecule has 0 radical (unpaired) electrons. The van der Waals surface area contributed by atoms with Crippen molar-refractivity contribution in [1.82, 2.24) is 10.2 Å². The van der Waals surface area contributed by atoms with Gasteiger partial charge in [-0.2, -0.15) is 5.26 Å². The van der Waals surface area contributed by atoms with Gasteiger partial charge in [-0.3, -0.25) is 0 Å². The van der Waals surface area contributed by atoms with Crippen LogP contribution in [0.4, 0.5) is 4.79 Å². The number of hydrogen-bond acceptors (Lipinski definition) is 3. The molecule has 2 aliphatic rings. The monoisotopic (exact) mass is 327 g/mol. The molecule has 1 aromatic rings. The van der Waals surface area contributed by atoms with Crippen LogP contribution >= 0.6 is 0 Å². The van der Waals surface area contributed by atoms with Crippen molar-refractivity contribution in [2.45, 2.75) is 44.1 Å². The molecule has 2 N–H and O–H groups in total. The molecule has 2 fully saturated rings. The first-order valence-electron chi connectivity index (χ1n) is 8.85. The van der Waals surface area contributed by atoms with Gasteiger partial charge in [0.15, 0.2) is 0 Å². The molecule has 5 heteroatoms. The van der Waals surface area contributed by atoms with Gasteiger partial charge in [0, 0.05) is 25.6 Å². The molecule has 0 bridgehead atoms. The van der Waals surface area contributed by atoms with Gasteiger partial charge in [-0.15, -0.1) is 0 Å². The zero-order valence-electron chi connectivity index (χ0n) is 14.0. The molecule has 3 rings (SSSR count). The van der Waals surface area contributed by atoms with Crippen molar-refractivity contribution >= 4 is 6.03 Å². The van der Waals surface area contributed by atoms with Gasteiger partial charge in [0.25, 0.3) is 0 Å². The fraction of sp³-hybridized carbons (Fsp3) is 0.579. The van der Waals surface area contributed by atoms with Crippen LogP contribution in [0.1, 0.15) is 43.2 Å². The molecule has 1 aliphatic carbocycles. The Kier molecular flexibility index (Phi) is 5.06. The summed E-state index contributed by atoms with van der Waals surface area (Å²) >= 11 is 0. The number of fused-ring (bicyclic) bond motifs is 1. The third kappa shape index (κ3) is 3.70. The van der Waals surface area contributed by atoms with Crippen LogP contribution in [-0.2, 0) is 6.42 Å². The maximum absolute atomic E-state index is 12.4. The second-order valence-electron chi connectivity index (χ2n) is 7.04. The molecule has 1 aromatic carbocycles. The van der Waals surface area contributed by atoms with E-state index in [1.54, 1.807) is 6.07 Å². The number of likely N-dealkylation sites (tertiary alicyclic amines) is 1. The van der Waals surface area contributed by atoms with Gasteiger partial charge in [0.05, 0.1) is 17.2 Å². The molecular formula is C19H25N3O2. The third-order valence-electron chi connectivity index (χ3n) is 5.46. The lowest BCUT2D eigenvalue weighted by atomic mass is 9.71. The van der Waals surface area contributed by atoms with E-state index < -0.39 is 5.60 Å². The van der Waals surface area contributed by atoms with Crippen molar-refractivity contribution in [3.05, 3.63) is 35.4 Å². The Labute approximate surface area is 143 Å². The number of urea groups is 1. The second kappa shape index (κ2) is 7.23. The van der Waals surface area contributed by atoms with E-state index in [-0.39, 0.29) is 11.9 Å². The molecule has 0 aromatic heterocycles. The zero-order chi connectivity index (χ0) is 17.0. The number of hydrogen-bond donors (Lipinski definition) is 2. The van der Waals surface area contributed by atoms with Crippen LogP contribution in [0.5, 0.6) is 0 Å². The van der Waals surface area contributed by atoms with Gasteiger partial charge in [-0.05, 0) is 43.4 Å². The van der Waals surface area contributed by atoms with E-state index in [4.69, 9.17) is 5.26 Å². The first kappa shape index (κ1) is 16.8. The number of aliphatic hydroxyl groups is 1. The van der Waals surface area contributed by atoms with E-state index in [2.05, 4.69) is 11.4 Å². The topological polar surface area (TPSA) is 76.4 Å². The van der Waals surface area contributed by atoms with E-state index in [0.717, 1.165) is 31.2 Å². The minimum atomic E-state index is -0.549. The molecular weight excluding hydrogens is 302 g/mol. The lowest BCUT2D eigenvalue weighted by Crippen LogP contribution is -2.56. The van der Waals surface area contributed by atoms with Gasteiger partial charge in [-0.25, -0.2) is 4.79 Å². The highest BCUT2D eigenvalue weighted by atomic mass is 16.3. The summed E-state index contributed by atoms with van der Waals surface area (Å²) in [7, 11) is 0. The van der Waals surface area contributed by atoms with Crippen LogP contribution in [-0.4, -0.2) is 41.3 Å². The summed E-state index contributed by atoms with van der Waals surface area (Å²) in [6, 6.07) is 9.56. The predicted octanol–water partition coefficient (Wildman–Crippen LogP) is 2.44. The Hall–Kier alpha value is -2.06. The maximum Gasteiger partial charge on any atom is 0.317 e. The molecule has 1 saturated carbocycles. The van der Waals surface area contributed by atoms with Crippen molar-refractivity contribution in [2.75, 3.05) is 19.6 Å². The second-order valence-corrected chi connectivity index (χ2v) is 7.04. The number of nitrogens with zero attached hydrogens (tertiary/aromatic N) is 2. The van der Waals surface area contributed by atoms with E-state index in [1.165, 1.54) is 0 Å². The molecule has 5 nitrogen and oxygen atoms in total. The zero-order valence-corrected chi connectivity index (χ0v) is 14.0. The maximum atomic E-state index is 12.4. The molecule has 1 saturated heterocycles. The van der Waals surface area contributed by atoms with Crippen molar-refractivity contribution in [3.63, 3.8) is 0 Å². The Morgan fingerprint density at radius 3 is 3.12 bits per heavy atom. The summed E-state index contributed by atoms with van der Waals surface area (Å²) in [5.74, 6) is 0.220. The average molecular weight is 327 g/mol. The summed E-state index contributed by atoms with van der Waals surface area (Å²) in [5, 5.41) is 22.6. The van der Waals surface area contributed by atoms with Crippen LogP contribution in [0.25, 0.3) is 0 Å². The van der Waals surface area contributed by atoms with E-state index in [0.29, 0.717) is 38.0 Å². The first-order valence-corrected chi connectivity index (χ1v) is 8.85. The van der Waals surface area contributed by atoms with E-state index in [9.17, 15) is 9.90 Å². The van der Waals surface area contributed by atoms with Crippen molar-refractivity contribution < 1.29 is 9.90 Å². The highest BCUT2D eigenvalue weighted by molar-refractivity contribution is 5.74. The Morgan fingerprint density at radius 2 is 2.29 bits per heavy atom. The van der Waals surface area contributed by atoms with Crippen molar-refractivity contribution in [1.29, 1.82) is 5.26 Å². The average Bonchev–Trinajstić information content (AvgIpc) is 2.61. The van der Waals surface area contributed by atoms with Gasteiger partial charge in [0.2, 0.25) is 0 Å². The molecule has 1 heterocycles. The molecule has 0 spiro atoms. The number of carbonyl (C=O) groups is 1. The normalized spacial score (nSPS) is 26.3. The minimum Gasteiger partial charge on any atom is -0.389 e. The fourth-order valence-electron chi connectivity index (χ4n) is 3.98. The minimum absolute atomic E-state index is 0.0425. The SMILES string of the molecule is N#Cc1cccc(CCNC(=O)N2CC[C@]3(O)CCCC[C@H]3C2)c1. The van der Waals surface area contributed by atoms with E-state index >= 15 is 0 Å². The van der Waals surface area contributed by atoms with E-state index in [1.807, 2.05) is 23.1 Å². The Balaban J connectivity index is 1.48. The Bertz CT molecular complexity index is 640. The highest BCUT2D eigenvalue weighted by Gasteiger charge is 2.43. The summed E-state index contributed by atoms with van der Waals surface area (Å²) in [5.41, 5.74) is 1.15. The van der Waals surface area contributed by atoms with Gasteiger partial charge < -0.3 is 15.3 Å². The van der Waals surface area contributed by atoms with Crippen LogP contribution in [0.3, 0.4) is 0 Å². The molecule has 2 atom stereocenters. The van der Waals surface area contributed by atoms with Gasteiger partial charge in [-0.1, -0.05) is 25.0 Å². The standard InChI is InChI=1S/C19H25N3O2/c20-13-16-5-3-4-15(12-16)7-10-21-18(23)22-11-9-19(24)8-2-1-6-17(19)14-22/h3-5,12,17,24H,1-2,6-11,14H2,(H,21,23)/t17-,19+/m0/s1. The van der Waals surface area contributed by atoms with Crippen LogP contribution in [0.15, 0.2) is 24.3 Å². The first-order chi connectivity index (χ1) is 11.6. The Morgan fingerprint density at radius 1 is 1.42 bits per heavy atom. The molecule has 0 unspecified atom stereocenters. The number of rotatable bonds is 3. The van der Waals surface area contributed by atoms with Crippen molar-refractivity contribution in [2.24, 2.45) is 5.92 Å². The number of piperidine rings is 1. The summed E-state index contributed by atoms with van der Waals surface area (Å²) in [6.45, 7) is 1.84. The number of nitriles is 1. The van der Waals surface area contributed by atoms with Gasteiger partial charge in [0.1, 0.15) is 0 Å². The summed E-state index contributed by atoms with van der Waals surface area (Å²) in [6.07, 6.45) is 5.54. The van der Waals surface area contributed by atoms with Crippen LogP contribution < -0.4 is 5.32 Å². The molecule has 2 amide bonds. The van der Waals surface area contributed by atoms with Crippen molar-refractivity contribution in [3.8, 4) is 6.07 Å². The fourth-order valence-corrected chi connectivity index (χ4v) is 3.98.